The zero-order valence-corrected chi connectivity index (χ0v) is 5.94. The monoisotopic (exact) mass is 153 g/mol. The SMILES string of the molecule is Cn1cccc1C(=O)C(=O)O. The van der Waals surface area contributed by atoms with Gasteiger partial charge in [-0.05, 0) is 12.1 Å². The molecule has 0 bridgehead atoms. The molecular weight excluding hydrogens is 146 g/mol. The Morgan fingerprint density at radius 1 is 1.55 bits per heavy atom. The largest absolute Gasteiger partial charge is 0.475 e. The number of aliphatic carboxylic acids is 1. The summed E-state index contributed by atoms with van der Waals surface area (Å²) in [5.74, 6) is -2.30. The first-order valence-corrected chi connectivity index (χ1v) is 3.02. The van der Waals surface area contributed by atoms with Crippen LogP contribution < -0.4 is 0 Å². The van der Waals surface area contributed by atoms with E-state index in [1.54, 1.807) is 19.3 Å². The van der Waals surface area contributed by atoms with Gasteiger partial charge >= 0.3 is 5.97 Å². The van der Waals surface area contributed by atoms with Gasteiger partial charge in [-0.3, -0.25) is 4.79 Å². The van der Waals surface area contributed by atoms with Crippen LogP contribution in [0.4, 0.5) is 0 Å². The summed E-state index contributed by atoms with van der Waals surface area (Å²) in [7, 11) is 1.62. The van der Waals surface area contributed by atoms with Crippen molar-refractivity contribution >= 4 is 11.8 Å². The van der Waals surface area contributed by atoms with Crippen molar-refractivity contribution in [1.29, 1.82) is 0 Å². The Morgan fingerprint density at radius 2 is 2.18 bits per heavy atom. The Kier molecular flexibility index (Phi) is 1.76. The van der Waals surface area contributed by atoms with Crippen LogP contribution in [0.3, 0.4) is 0 Å². The number of rotatable bonds is 2. The summed E-state index contributed by atoms with van der Waals surface area (Å²) < 4.78 is 1.47. The molecule has 0 fully saturated rings. The molecule has 0 unspecified atom stereocenters. The molecule has 0 aliphatic carbocycles. The highest BCUT2D eigenvalue weighted by molar-refractivity contribution is 6.39. The fraction of sp³-hybridized carbons (Fsp3) is 0.143. The fourth-order valence-electron chi connectivity index (χ4n) is 0.807. The second kappa shape index (κ2) is 2.57. The number of carbonyl (C=O) groups excluding carboxylic acids is 1. The summed E-state index contributed by atoms with van der Waals surface area (Å²) >= 11 is 0. The van der Waals surface area contributed by atoms with Crippen LogP contribution in [0.15, 0.2) is 18.3 Å². The summed E-state index contributed by atoms with van der Waals surface area (Å²) in [4.78, 5) is 21.0. The second-order valence-electron chi connectivity index (χ2n) is 2.14. The summed E-state index contributed by atoms with van der Waals surface area (Å²) in [5, 5.41) is 8.32. The first-order valence-electron chi connectivity index (χ1n) is 3.02. The minimum atomic E-state index is -1.42. The Bertz CT molecular complexity index is 300. The minimum absolute atomic E-state index is 0.192. The Labute approximate surface area is 63.1 Å². The Hall–Kier alpha value is -1.58. The zero-order valence-electron chi connectivity index (χ0n) is 5.94. The standard InChI is InChI=1S/C7H7NO3/c1-8-4-2-3-5(8)6(9)7(10)11/h2-4H,1H3,(H,10,11). The van der Waals surface area contributed by atoms with Crippen LogP contribution in [-0.2, 0) is 11.8 Å². The number of aromatic nitrogens is 1. The predicted octanol–water partition coefficient (Wildman–Crippen LogP) is 0.292. The summed E-state index contributed by atoms with van der Waals surface area (Å²) in [6.45, 7) is 0. The average molecular weight is 153 g/mol. The first kappa shape index (κ1) is 7.53. The Balaban J connectivity index is 3.02. The molecule has 4 nitrogen and oxygen atoms in total. The Morgan fingerprint density at radius 3 is 2.55 bits per heavy atom. The second-order valence-corrected chi connectivity index (χ2v) is 2.14. The molecule has 4 heteroatoms. The van der Waals surface area contributed by atoms with Gasteiger partial charge in [0.15, 0.2) is 0 Å². The predicted molar refractivity (Wildman–Crippen MR) is 37.4 cm³/mol. The molecule has 1 aromatic rings. The molecule has 0 spiro atoms. The van der Waals surface area contributed by atoms with Gasteiger partial charge in [0.1, 0.15) is 0 Å². The van der Waals surface area contributed by atoms with Gasteiger partial charge in [0, 0.05) is 13.2 Å². The highest BCUT2D eigenvalue weighted by Crippen LogP contribution is 2.00. The van der Waals surface area contributed by atoms with E-state index in [9.17, 15) is 9.59 Å². The average Bonchev–Trinajstić information content (AvgIpc) is 2.33. The molecule has 1 N–H and O–H groups in total. The number of carboxylic acid groups (broad SMARTS) is 1. The van der Waals surface area contributed by atoms with Crippen molar-refractivity contribution in [2.24, 2.45) is 7.05 Å². The van der Waals surface area contributed by atoms with Crippen LogP contribution in [0.5, 0.6) is 0 Å². The fourth-order valence-corrected chi connectivity index (χ4v) is 0.807. The third kappa shape index (κ3) is 1.29. The molecule has 1 rings (SSSR count). The number of ketones is 1. The highest BCUT2D eigenvalue weighted by atomic mass is 16.4. The van der Waals surface area contributed by atoms with E-state index >= 15 is 0 Å². The molecule has 0 radical (unpaired) electrons. The summed E-state index contributed by atoms with van der Waals surface area (Å²) in [5.41, 5.74) is 0.192. The lowest BCUT2D eigenvalue weighted by atomic mass is 10.3. The number of carboxylic acids is 1. The van der Waals surface area contributed by atoms with Crippen molar-refractivity contribution in [1.82, 2.24) is 4.57 Å². The van der Waals surface area contributed by atoms with Gasteiger partial charge < -0.3 is 9.67 Å². The van der Waals surface area contributed by atoms with Gasteiger partial charge in [0.05, 0.1) is 5.69 Å². The lowest BCUT2D eigenvalue weighted by molar-refractivity contribution is -0.131. The molecule has 0 aliphatic heterocycles. The molecule has 0 saturated carbocycles. The van der Waals surface area contributed by atoms with Crippen LogP contribution in [0, 0.1) is 0 Å². The lowest BCUT2D eigenvalue weighted by Crippen LogP contribution is -2.15. The topological polar surface area (TPSA) is 59.3 Å². The number of hydrogen-bond donors (Lipinski definition) is 1. The molecule has 0 saturated heterocycles. The number of Topliss-reactive ketones (excluding diaryl/α,β-unsaturated/α-hetero) is 1. The van der Waals surface area contributed by atoms with Crippen molar-refractivity contribution in [3.8, 4) is 0 Å². The van der Waals surface area contributed by atoms with Crippen LogP contribution in [-0.4, -0.2) is 21.4 Å². The minimum Gasteiger partial charge on any atom is -0.475 e. The van der Waals surface area contributed by atoms with Gasteiger partial charge in [-0.15, -0.1) is 0 Å². The van der Waals surface area contributed by atoms with Crippen molar-refractivity contribution in [2.75, 3.05) is 0 Å². The van der Waals surface area contributed by atoms with Gasteiger partial charge in [-0.2, -0.15) is 0 Å². The molecule has 0 amide bonds. The van der Waals surface area contributed by atoms with E-state index in [1.807, 2.05) is 0 Å². The van der Waals surface area contributed by atoms with Crippen molar-refractivity contribution in [3.05, 3.63) is 24.0 Å². The van der Waals surface area contributed by atoms with E-state index < -0.39 is 11.8 Å². The highest BCUT2D eigenvalue weighted by Gasteiger charge is 2.16. The van der Waals surface area contributed by atoms with E-state index in [0.29, 0.717) is 0 Å². The van der Waals surface area contributed by atoms with Crippen LogP contribution in [0.2, 0.25) is 0 Å². The number of hydrogen-bond acceptors (Lipinski definition) is 2. The molecule has 0 aliphatic rings. The van der Waals surface area contributed by atoms with E-state index in [4.69, 9.17) is 5.11 Å². The molecular formula is C7H7NO3. The van der Waals surface area contributed by atoms with E-state index in [0.717, 1.165) is 0 Å². The lowest BCUT2D eigenvalue weighted by Gasteiger charge is -1.95. The number of nitrogens with zero attached hydrogens (tertiary/aromatic N) is 1. The molecule has 0 atom stereocenters. The smallest absolute Gasteiger partial charge is 0.378 e. The van der Waals surface area contributed by atoms with E-state index in [2.05, 4.69) is 0 Å². The van der Waals surface area contributed by atoms with Crippen LogP contribution >= 0.6 is 0 Å². The maximum atomic E-state index is 10.8. The van der Waals surface area contributed by atoms with Crippen molar-refractivity contribution < 1.29 is 14.7 Å². The van der Waals surface area contributed by atoms with Gasteiger partial charge in [0.25, 0.3) is 5.78 Å². The molecule has 1 aromatic heterocycles. The van der Waals surface area contributed by atoms with Gasteiger partial charge in [0.2, 0.25) is 0 Å². The normalized spacial score (nSPS) is 9.55. The summed E-state index contributed by atoms with van der Waals surface area (Å²) in [6.07, 6.45) is 1.62. The number of carbonyl (C=O) groups is 2. The van der Waals surface area contributed by atoms with Crippen molar-refractivity contribution in [2.45, 2.75) is 0 Å². The van der Waals surface area contributed by atoms with Gasteiger partial charge in [-0.25, -0.2) is 4.79 Å². The quantitative estimate of drug-likeness (QED) is 0.490. The van der Waals surface area contributed by atoms with Crippen LogP contribution in [0.25, 0.3) is 0 Å². The van der Waals surface area contributed by atoms with Gasteiger partial charge in [-0.1, -0.05) is 0 Å². The van der Waals surface area contributed by atoms with Crippen LogP contribution in [0.1, 0.15) is 10.5 Å². The summed E-state index contributed by atoms with van der Waals surface area (Å²) in [6, 6.07) is 3.09. The van der Waals surface area contributed by atoms with E-state index in [-0.39, 0.29) is 5.69 Å². The first-order chi connectivity index (χ1) is 5.13. The zero-order chi connectivity index (χ0) is 8.43. The van der Waals surface area contributed by atoms with Crippen molar-refractivity contribution in [3.63, 3.8) is 0 Å². The molecule has 0 aromatic carbocycles. The van der Waals surface area contributed by atoms with E-state index in [1.165, 1.54) is 10.6 Å². The number of aryl methyl sites for hydroxylation is 1. The molecule has 58 valence electrons. The maximum Gasteiger partial charge on any atom is 0.378 e. The molecule has 11 heavy (non-hydrogen) atoms. The molecule has 1 heterocycles. The maximum absolute atomic E-state index is 10.8. The third-order valence-corrected chi connectivity index (χ3v) is 1.37. The third-order valence-electron chi connectivity index (χ3n) is 1.37.